The molecule has 0 atom stereocenters. The minimum Gasteiger partial charge on any atom is -0.329 e. The van der Waals surface area contributed by atoms with Gasteiger partial charge in [-0.2, -0.15) is 5.26 Å². The maximum absolute atomic E-state index is 12.2. The maximum Gasteiger partial charge on any atom is 0.244 e. The summed E-state index contributed by atoms with van der Waals surface area (Å²) in [5, 5.41) is 12.0. The lowest BCUT2D eigenvalue weighted by Gasteiger charge is -2.21. The van der Waals surface area contributed by atoms with Crippen LogP contribution in [0.3, 0.4) is 0 Å². The van der Waals surface area contributed by atoms with Crippen molar-refractivity contribution in [1.82, 2.24) is 4.90 Å². The van der Waals surface area contributed by atoms with E-state index in [0.29, 0.717) is 16.3 Å². The molecule has 5 nitrogen and oxygen atoms in total. The number of halogens is 1. The average molecular weight is 342 g/mol. The molecule has 0 fully saturated rings. The quantitative estimate of drug-likeness (QED) is 0.907. The molecule has 2 amide bonds. The zero-order valence-corrected chi connectivity index (χ0v) is 13.9. The number of hydrogen-bond acceptors (Lipinski definition) is 3. The predicted molar refractivity (Wildman–Crippen MR) is 92.3 cm³/mol. The van der Waals surface area contributed by atoms with E-state index in [1.807, 2.05) is 24.3 Å². The van der Waals surface area contributed by atoms with E-state index in [0.717, 1.165) is 5.56 Å². The molecule has 0 aliphatic heterocycles. The Kier molecular flexibility index (Phi) is 5.94. The summed E-state index contributed by atoms with van der Waals surface area (Å²) < 4.78 is 0. The standard InChI is InChI=1S/C18H16ClN3O2/c1-13(23)22(11-15-4-2-3-5-17(15)19)12-18(24)21-16-8-6-14(10-20)7-9-16/h2-9H,11-12H2,1H3,(H,21,24). The molecule has 0 spiro atoms. The molecule has 0 aliphatic rings. The van der Waals surface area contributed by atoms with Crippen LogP contribution in [0.5, 0.6) is 0 Å². The Hall–Kier alpha value is -2.84. The van der Waals surface area contributed by atoms with Gasteiger partial charge in [-0.05, 0) is 35.9 Å². The van der Waals surface area contributed by atoms with Crippen molar-refractivity contribution in [2.75, 3.05) is 11.9 Å². The fourth-order valence-corrected chi connectivity index (χ4v) is 2.31. The van der Waals surface area contributed by atoms with Crippen molar-refractivity contribution in [2.24, 2.45) is 0 Å². The van der Waals surface area contributed by atoms with Gasteiger partial charge in [0.05, 0.1) is 11.6 Å². The van der Waals surface area contributed by atoms with E-state index in [2.05, 4.69) is 5.32 Å². The molecule has 6 heteroatoms. The lowest BCUT2D eigenvalue weighted by molar-refractivity contribution is -0.133. The summed E-state index contributed by atoms with van der Waals surface area (Å²) in [6.07, 6.45) is 0. The van der Waals surface area contributed by atoms with Crippen molar-refractivity contribution < 1.29 is 9.59 Å². The van der Waals surface area contributed by atoms with Crippen molar-refractivity contribution in [3.05, 3.63) is 64.7 Å². The largest absolute Gasteiger partial charge is 0.329 e. The highest BCUT2D eigenvalue weighted by Crippen LogP contribution is 2.17. The van der Waals surface area contributed by atoms with Gasteiger partial charge in [0.15, 0.2) is 0 Å². The SMILES string of the molecule is CC(=O)N(CC(=O)Nc1ccc(C#N)cc1)Cc1ccccc1Cl. The van der Waals surface area contributed by atoms with Gasteiger partial charge >= 0.3 is 0 Å². The molecule has 0 bridgehead atoms. The fraction of sp³-hybridized carbons (Fsp3) is 0.167. The third-order valence-corrected chi connectivity index (χ3v) is 3.77. The Balaban J connectivity index is 2.01. The number of anilines is 1. The first-order chi connectivity index (χ1) is 11.5. The highest BCUT2D eigenvalue weighted by molar-refractivity contribution is 6.31. The molecule has 2 aromatic carbocycles. The number of hydrogen-bond donors (Lipinski definition) is 1. The van der Waals surface area contributed by atoms with Crippen LogP contribution >= 0.6 is 11.6 Å². The molecule has 122 valence electrons. The molecule has 0 radical (unpaired) electrons. The van der Waals surface area contributed by atoms with Crippen LogP contribution in [0, 0.1) is 11.3 Å². The van der Waals surface area contributed by atoms with Gasteiger partial charge < -0.3 is 10.2 Å². The third-order valence-electron chi connectivity index (χ3n) is 3.40. The van der Waals surface area contributed by atoms with Gasteiger partial charge in [-0.15, -0.1) is 0 Å². The van der Waals surface area contributed by atoms with Gasteiger partial charge in [0, 0.05) is 24.2 Å². The second-order valence-electron chi connectivity index (χ2n) is 5.20. The number of nitrogens with zero attached hydrogens (tertiary/aromatic N) is 2. The number of carbonyl (C=O) groups excluding carboxylic acids is 2. The number of rotatable bonds is 5. The Bertz CT molecular complexity index is 782. The lowest BCUT2D eigenvalue weighted by Crippen LogP contribution is -2.36. The maximum atomic E-state index is 12.2. The minimum atomic E-state index is -0.318. The van der Waals surface area contributed by atoms with Crippen molar-refractivity contribution in [3.8, 4) is 6.07 Å². The summed E-state index contributed by atoms with van der Waals surface area (Å²) in [6.45, 7) is 1.59. The Morgan fingerprint density at radius 3 is 2.42 bits per heavy atom. The molecule has 0 aliphatic carbocycles. The molecule has 1 N–H and O–H groups in total. The summed E-state index contributed by atoms with van der Waals surface area (Å²) in [4.78, 5) is 25.4. The number of benzene rings is 2. The number of nitriles is 1. The van der Waals surface area contributed by atoms with Gasteiger partial charge in [-0.25, -0.2) is 0 Å². The van der Waals surface area contributed by atoms with E-state index in [1.54, 1.807) is 30.3 Å². The van der Waals surface area contributed by atoms with Crippen LogP contribution < -0.4 is 5.32 Å². The van der Waals surface area contributed by atoms with Crippen molar-refractivity contribution in [2.45, 2.75) is 13.5 Å². The van der Waals surface area contributed by atoms with Crippen LogP contribution in [0.15, 0.2) is 48.5 Å². The molecule has 0 aromatic heterocycles. The van der Waals surface area contributed by atoms with E-state index in [1.165, 1.54) is 11.8 Å². The summed E-state index contributed by atoms with van der Waals surface area (Å²) >= 11 is 6.10. The topological polar surface area (TPSA) is 73.2 Å². The summed E-state index contributed by atoms with van der Waals surface area (Å²) in [5.74, 6) is -0.535. The second kappa shape index (κ2) is 8.14. The van der Waals surface area contributed by atoms with E-state index >= 15 is 0 Å². The monoisotopic (exact) mass is 341 g/mol. The highest BCUT2D eigenvalue weighted by atomic mass is 35.5. The predicted octanol–water partition coefficient (Wildman–Crippen LogP) is 3.20. The molecule has 0 heterocycles. The van der Waals surface area contributed by atoms with Crippen molar-refractivity contribution in [1.29, 1.82) is 5.26 Å². The minimum absolute atomic E-state index is 0.0828. The van der Waals surface area contributed by atoms with Crippen LogP contribution in [0.4, 0.5) is 5.69 Å². The van der Waals surface area contributed by atoms with E-state index in [4.69, 9.17) is 16.9 Å². The van der Waals surface area contributed by atoms with Crippen LogP contribution in [-0.2, 0) is 16.1 Å². The van der Waals surface area contributed by atoms with Crippen LogP contribution in [-0.4, -0.2) is 23.3 Å². The molecular weight excluding hydrogens is 326 g/mol. The van der Waals surface area contributed by atoms with E-state index < -0.39 is 0 Å². The van der Waals surface area contributed by atoms with Crippen LogP contribution in [0.25, 0.3) is 0 Å². The molecule has 0 saturated carbocycles. The van der Waals surface area contributed by atoms with Gasteiger partial charge in [-0.1, -0.05) is 29.8 Å². The van der Waals surface area contributed by atoms with Crippen LogP contribution in [0.2, 0.25) is 5.02 Å². The number of nitrogens with one attached hydrogen (secondary N) is 1. The smallest absolute Gasteiger partial charge is 0.244 e. The molecule has 2 rings (SSSR count). The summed E-state index contributed by atoms with van der Waals surface area (Å²) in [6, 6.07) is 15.7. The lowest BCUT2D eigenvalue weighted by atomic mass is 10.2. The van der Waals surface area contributed by atoms with Gasteiger partial charge in [0.2, 0.25) is 11.8 Å². The Labute approximate surface area is 145 Å². The number of amides is 2. The van der Waals surface area contributed by atoms with Crippen molar-refractivity contribution >= 4 is 29.1 Å². The first kappa shape index (κ1) is 17.5. The normalized spacial score (nSPS) is 9.88. The van der Waals surface area contributed by atoms with E-state index in [9.17, 15) is 9.59 Å². The van der Waals surface area contributed by atoms with Crippen LogP contribution in [0.1, 0.15) is 18.1 Å². The van der Waals surface area contributed by atoms with Gasteiger partial charge in [-0.3, -0.25) is 9.59 Å². The zero-order chi connectivity index (χ0) is 17.5. The fourth-order valence-electron chi connectivity index (χ4n) is 2.11. The molecular formula is C18H16ClN3O2. The molecule has 24 heavy (non-hydrogen) atoms. The first-order valence-corrected chi connectivity index (χ1v) is 7.66. The van der Waals surface area contributed by atoms with Gasteiger partial charge in [0.1, 0.15) is 6.54 Å². The molecule has 2 aromatic rings. The summed E-state index contributed by atoms with van der Waals surface area (Å²) in [5.41, 5.74) is 1.86. The number of carbonyl (C=O) groups is 2. The first-order valence-electron chi connectivity index (χ1n) is 7.28. The van der Waals surface area contributed by atoms with Crippen molar-refractivity contribution in [3.63, 3.8) is 0 Å². The third kappa shape index (κ3) is 4.83. The zero-order valence-electron chi connectivity index (χ0n) is 13.1. The van der Waals surface area contributed by atoms with E-state index in [-0.39, 0.29) is 24.9 Å². The van der Waals surface area contributed by atoms with Gasteiger partial charge in [0.25, 0.3) is 0 Å². The average Bonchev–Trinajstić information content (AvgIpc) is 2.56. The second-order valence-corrected chi connectivity index (χ2v) is 5.61. The molecule has 0 unspecified atom stereocenters. The Morgan fingerprint density at radius 1 is 1.17 bits per heavy atom. The molecule has 0 saturated heterocycles. The summed E-state index contributed by atoms with van der Waals surface area (Å²) in [7, 11) is 0. The highest BCUT2D eigenvalue weighted by Gasteiger charge is 2.15. The Morgan fingerprint density at radius 2 is 1.83 bits per heavy atom.